The Morgan fingerprint density at radius 1 is 0.194 bits per heavy atom. The van der Waals surface area contributed by atoms with E-state index in [1.54, 1.807) is 0 Å². The van der Waals surface area contributed by atoms with Gasteiger partial charge in [0.2, 0.25) is 0 Å². The smallest absolute Gasteiger partial charge is 0.320 e. The van der Waals surface area contributed by atoms with Gasteiger partial charge in [-0.05, 0) is 72.5 Å². The van der Waals surface area contributed by atoms with Crippen molar-refractivity contribution in [2.75, 3.05) is 0 Å². The number of hydrogen-bond donors (Lipinski definition) is 0. The maximum Gasteiger partial charge on any atom is 0.320 e. The summed E-state index contributed by atoms with van der Waals surface area (Å²) in [6.07, 6.45) is 26.5. The minimum atomic E-state index is -3.08. The molecule has 0 atom stereocenters. The van der Waals surface area contributed by atoms with Gasteiger partial charge in [0.15, 0.2) is 0 Å². The molecular weight excluding hydrogens is 1110 g/mol. The molecular formula is C48H120O12Si12. The number of unbranched alkanes of at least 4 members (excludes halogenated alkanes) is 12. The zero-order chi connectivity index (χ0) is 53.2. The van der Waals surface area contributed by atoms with E-state index in [0.29, 0.717) is 0 Å². The number of hydrogen-bond acceptors (Lipinski definition) is 12. The highest BCUT2D eigenvalue weighted by Gasteiger charge is 2.59. The van der Waals surface area contributed by atoms with E-state index >= 15 is 0 Å². The standard InChI is InChI=1S/C48H120O12Si12/c1-13-25-37-67(38-26-14-2)54-65-52-63-50-61-49-62-51-64-53-66-55-68(39-27-15-3,40-28-16-4)57-70(43-31-19-7,44-32-20-8)59-72(47-35-23-11,48-36-24-12)60-71(45-33-21-9,46-34-22-10)58-69(56-67,41-29-17-5)42-30-18-6/h13-48,61-66H2,1-12H3. The van der Waals surface area contributed by atoms with Crippen molar-refractivity contribution >= 4 is 111 Å². The Hall–Kier alpha value is 2.12. The maximum atomic E-state index is 8.70. The maximum absolute atomic E-state index is 8.70. The molecule has 432 valence electrons. The van der Waals surface area contributed by atoms with Crippen molar-refractivity contribution in [3.63, 3.8) is 0 Å². The molecule has 1 aliphatic heterocycles. The van der Waals surface area contributed by atoms with Gasteiger partial charge in [0, 0.05) is 0 Å². The molecule has 72 heavy (non-hydrogen) atoms. The average molecular weight is 1230 g/mol. The van der Waals surface area contributed by atoms with Crippen molar-refractivity contribution in [3.8, 4) is 0 Å². The van der Waals surface area contributed by atoms with Crippen LogP contribution in [0.2, 0.25) is 72.5 Å². The van der Waals surface area contributed by atoms with E-state index in [-0.39, 0.29) is 0 Å². The van der Waals surface area contributed by atoms with Crippen molar-refractivity contribution in [1.29, 1.82) is 0 Å². The normalized spacial score (nSPS) is 22.5. The lowest BCUT2D eigenvalue weighted by Crippen LogP contribution is -2.67. The van der Waals surface area contributed by atoms with Gasteiger partial charge in [-0.2, -0.15) is 0 Å². The van der Waals surface area contributed by atoms with Crippen LogP contribution in [0.3, 0.4) is 0 Å². The molecule has 1 heterocycles. The van der Waals surface area contributed by atoms with Crippen LogP contribution in [0.1, 0.15) is 237 Å². The average Bonchev–Trinajstić information content (AvgIpc) is 3.39. The Morgan fingerprint density at radius 3 is 0.500 bits per heavy atom. The first-order chi connectivity index (χ1) is 35.0. The number of rotatable bonds is 36. The Morgan fingerprint density at radius 2 is 0.333 bits per heavy atom. The molecule has 0 N–H and O–H groups in total. The summed E-state index contributed by atoms with van der Waals surface area (Å²) in [4.78, 5) is 0. The molecule has 0 amide bonds. The van der Waals surface area contributed by atoms with Crippen LogP contribution in [0, 0.1) is 0 Å². The molecule has 12 nitrogen and oxygen atoms in total. The van der Waals surface area contributed by atoms with E-state index in [1.807, 2.05) is 0 Å². The van der Waals surface area contributed by atoms with Crippen molar-refractivity contribution in [3.05, 3.63) is 0 Å². The van der Waals surface area contributed by atoms with Crippen LogP contribution in [0.25, 0.3) is 0 Å². The van der Waals surface area contributed by atoms with Gasteiger partial charge in [0.25, 0.3) is 60.0 Å². The second-order valence-corrected chi connectivity index (χ2v) is 54.1. The highest BCUT2D eigenvalue weighted by molar-refractivity contribution is 6.93. The fourth-order valence-electron chi connectivity index (χ4n) is 9.95. The molecule has 1 aliphatic rings. The van der Waals surface area contributed by atoms with Gasteiger partial charge in [-0.3, -0.25) is 0 Å². The molecule has 0 saturated carbocycles. The van der Waals surface area contributed by atoms with Gasteiger partial charge in [0.05, 0.1) is 0 Å². The molecule has 0 aromatic heterocycles. The zero-order valence-corrected chi connectivity index (χ0v) is 64.1. The summed E-state index contributed by atoms with van der Waals surface area (Å²) < 4.78 is 88.5. The van der Waals surface area contributed by atoms with Crippen LogP contribution in [0.15, 0.2) is 0 Å². The van der Waals surface area contributed by atoms with Gasteiger partial charge in [-0.1, -0.05) is 237 Å². The minimum absolute atomic E-state index is 0.993. The van der Waals surface area contributed by atoms with Crippen molar-refractivity contribution in [2.24, 2.45) is 0 Å². The summed E-state index contributed by atoms with van der Waals surface area (Å²) in [5, 5.41) is 0. The molecule has 0 aromatic carbocycles. The van der Waals surface area contributed by atoms with Crippen molar-refractivity contribution in [2.45, 2.75) is 310 Å². The second kappa shape index (κ2) is 44.8. The van der Waals surface area contributed by atoms with Crippen LogP contribution in [-0.4, -0.2) is 111 Å². The van der Waals surface area contributed by atoms with Gasteiger partial charge in [-0.25, -0.2) is 0 Å². The fraction of sp³-hybridized carbons (Fsp3) is 1.00. The lowest BCUT2D eigenvalue weighted by Gasteiger charge is -2.51. The Balaban J connectivity index is 4.67. The topological polar surface area (TPSA) is 111 Å². The Labute approximate surface area is 467 Å². The predicted molar refractivity (Wildman–Crippen MR) is 335 cm³/mol. The van der Waals surface area contributed by atoms with E-state index in [2.05, 4.69) is 83.1 Å². The highest BCUT2D eigenvalue weighted by Crippen LogP contribution is 2.45. The van der Waals surface area contributed by atoms with Crippen LogP contribution in [0.5, 0.6) is 0 Å². The molecule has 0 spiro atoms. The second-order valence-electron chi connectivity index (χ2n) is 21.2. The van der Waals surface area contributed by atoms with Gasteiger partial charge < -0.3 is 49.4 Å². The summed E-state index contributed by atoms with van der Waals surface area (Å²) in [6.45, 7) is 28.1. The molecule has 0 radical (unpaired) electrons. The highest BCUT2D eigenvalue weighted by atomic mass is 28.5. The third-order valence-electron chi connectivity index (χ3n) is 14.3. The van der Waals surface area contributed by atoms with E-state index in [9.17, 15) is 0 Å². The molecule has 0 aliphatic carbocycles. The van der Waals surface area contributed by atoms with E-state index < -0.39 is 111 Å². The summed E-state index contributed by atoms with van der Waals surface area (Å²) in [5.41, 5.74) is 0. The molecule has 24 heteroatoms. The molecule has 0 aromatic rings. The first kappa shape index (κ1) is 72.1. The molecule has 1 saturated heterocycles. The quantitative estimate of drug-likeness (QED) is 0.0557. The molecule has 0 unspecified atom stereocenters. The van der Waals surface area contributed by atoms with Crippen molar-refractivity contribution in [1.82, 2.24) is 0 Å². The van der Waals surface area contributed by atoms with Crippen molar-refractivity contribution < 1.29 is 49.4 Å². The van der Waals surface area contributed by atoms with Gasteiger partial charge >= 0.3 is 51.4 Å². The first-order valence-electron chi connectivity index (χ1n) is 30.6. The lowest BCUT2D eigenvalue weighted by molar-refractivity contribution is 0.227. The summed E-state index contributed by atoms with van der Waals surface area (Å²) in [7, 11) is -25.3. The summed E-state index contributed by atoms with van der Waals surface area (Å²) in [6, 6.07) is 11.9. The zero-order valence-electron chi connectivity index (χ0n) is 49.6. The van der Waals surface area contributed by atoms with Crippen LogP contribution < -0.4 is 0 Å². The van der Waals surface area contributed by atoms with Crippen LogP contribution >= 0.6 is 0 Å². The van der Waals surface area contributed by atoms with Gasteiger partial charge in [0.1, 0.15) is 0 Å². The third kappa shape index (κ3) is 30.1. The fourth-order valence-corrected chi connectivity index (χ4v) is 61.3. The van der Waals surface area contributed by atoms with Gasteiger partial charge in [-0.15, -0.1) is 0 Å². The van der Waals surface area contributed by atoms with Crippen LogP contribution in [0.4, 0.5) is 0 Å². The Bertz CT molecular complexity index is 1110. The summed E-state index contributed by atoms with van der Waals surface area (Å²) in [5.74, 6) is 0. The predicted octanol–water partition coefficient (Wildman–Crippen LogP) is 12.4. The SMILES string of the molecule is CCCC[Si]1(CCCC)O[SiH2]O[SiH2]O[SiH2]O[SiH2]O[SiH2]O[SiH2]O[Si](CCCC)(CCCC)O[Si](CCCC)(CCCC)O[Si](CCCC)(CCCC)O[Si](CCCC)(CCCC)O[Si](CCCC)(CCCC)O1. The largest absolute Gasteiger partial charge is 0.425 e. The molecule has 0 bridgehead atoms. The van der Waals surface area contributed by atoms with E-state index in [0.717, 1.165) is 227 Å². The first-order valence-corrected chi connectivity index (χ1v) is 51.0. The summed E-state index contributed by atoms with van der Waals surface area (Å²) >= 11 is 0. The monoisotopic (exact) mass is 1220 g/mol. The van der Waals surface area contributed by atoms with E-state index in [1.165, 1.54) is 0 Å². The molecule has 1 rings (SSSR count). The Kier molecular flexibility index (Phi) is 44.9. The lowest BCUT2D eigenvalue weighted by atomic mass is 10.4. The molecule has 1 fully saturated rings. The minimum Gasteiger partial charge on any atom is -0.425 e. The van der Waals surface area contributed by atoms with E-state index in [4.69, 9.17) is 49.4 Å². The van der Waals surface area contributed by atoms with Crippen LogP contribution in [-0.2, 0) is 49.4 Å². The third-order valence-corrected chi connectivity index (χ3v) is 54.4.